The fraction of sp³-hybridized carbons (Fsp3) is 1.00. The second-order valence-corrected chi connectivity index (χ2v) is 2.94. The molecule has 2 nitrogen and oxygen atoms in total. The van der Waals surface area contributed by atoms with E-state index in [0.29, 0.717) is 5.41 Å². The average molecular weight is 114 g/mol. The van der Waals surface area contributed by atoms with Crippen LogP contribution in [0, 0.1) is 5.41 Å². The largest absolute Gasteiger partial charge is 0.330 e. The highest BCUT2D eigenvalue weighted by atomic mass is 14.9. The summed E-state index contributed by atoms with van der Waals surface area (Å²) in [5.41, 5.74) is 5.93. The quantitative estimate of drug-likeness (QED) is 0.501. The van der Waals surface area contributed by atoms with Crippen LogP contribution in [0.5, 0.6) is 0 Å². The Bertz CT molecular complexity index is 74.6. The lowest BCUT2D eigenvalue weighted by molar-refractivity contribution is 0.379. The highest BCUT2D eigenvalue weighted by molar-refractivity contribution is 4.83. The maximum Gasteiger partial charge on any atom is 0.00177 e. The Morgan fingerprint density at radius 3 is 2.75 bits per heavy atom. The number of nitrogens with one attached hydrogen (secondary N) is 1. The number of rotatable bonds is 1. The molecule has 1 atom stereocenters. The number of nitrogens with two attached hydrogens (primary N) is 1. The first-order chi connectivity index (χ1) is 3.77. The Labute approximate surface area is 50.4 Å². The molecular formula is C6H14N2. The molecule has 1 heterocycles. The van der Waals surface area contributed by atoms with E-state index in [-0.39, 0.29) is 0 Å². The van der Waals surface area contributed by atoms with Crippen molar-refractivity contribution in [1.29, 1.82) is 0 Å². The van der Waals surface area contributed by atoms with E-state index in [9.17, 15) is 0 Å². The second-order valence-electron chi connectivity index (χ2n) is 2.94. The fourth-order valence-electron chi connectivity index (χ4n) is 1.04. The molecule has 0 radical (unpaired) electrons. The lowest BCUT2D eigenvalue weighted by Crippen LogP contribution is -2.29. The van der Waals surface area contributed by atoms with Crippen molar-refractivity contribution in [3.05, 3.63) is 0 Å². The molecule has 8 heavy (non-hydrogen) atoms. The molecule has 0 aliphatic carbocycles. The molecule has 0 aromatic carbocycles. The van der Waals surface area contributed by atoms with Crippen LogP contribution < -0.4 is 11.1 Å². The predicted molar refractivity (Wildman–Crippen MR) is 34.6 cm³/mol. The Morgan fingerprint density at radius 2 is 2.50 bits per heavy atom. The van der Waals surface area contributed by atoms with Crippen LogP contribution in [0.25, 0.3) is 0 Å². The zero-order chi connectivity index (χ0) is 6.04. The van der Waals surface area contributed by atoms with Crippen LogP contribution in [-0.4, -0.2) is 19.6 Å². The Morgan fingerprint density at radius 1 is 1.75 bits per heavy atom. The molecule has 1 aliphatic rings. The Kier molecular flexibility index (Phi) is 1.54. The van der Waals surface area contributed by atoms with Gasteiger partial charge < -0.3 is 11.1 Å². The van der Waals surface area contributed by atoms with Gasteiger partial charge in [0.05, 0.1) is 0 Å². The minimum Gasteiger partial charge on any atom is -0.330 e. The normalized spacial score (nSPS) is 38.2. The van der Waals surface area contributed by atoms with Gasteiger partial charge in [0.15, 0.2) is 0 Å². The van der Waals surface area contributed by atoms with Crippen LogP contribution in [0.4, 0.5) is 0 Å². The fourth-order valence-corrected chi connectivity index (χ4v) is 1.04. The van der Waals surface area contributed by atoms with E-state index < -0.39 is 0 Å². The second kappa shape index (κ2) is 2.03. The third-order valence-electron chi connectivity index (χ3n) is 1.95. The number of hydrogen-bond acceptors (Lipinski definition) is 2. The van der Waals surface area contributed by atoms with Crippen LogP contribution in [0.1, 0.15) is 13.3 Å². The molecule has 0 spiro atoms. The van der Waals surface area contributed by atoms with Gasteiger partial charge in [-0.05, 0) is 24.9 Å². The molecule has 0 bridgehead atoms. The zero-order valence-electron chi connectivity index (χ0n) is 5.41. The van der Waals surface area contributed by atoms with E-state index in [1.807, 2.05) is 0 Å². The third kappa shape index (κ3) is 1.01. The average Bonchev–Trinajstić information content (AvgIpc) is 2.17. The predicted octanol–water partition coefficient (Wildman–Crippen LogP) is -0.0553. The molecule has 0 saturated carbocycles. The topological polar surface area (TPSA) is 38.0 Å². The first-order valence-corrected chi connectivity index (χ1v) is 3.18. The van der Waals surface area contributed by atoms with Gasteiger partial charge in [0.1, 0.15) is 0 Å². The Balaban J connectivity index is 2.40. The summed E-state index contributed by atoms with van der Waals surface area (Å²) >= 11 is 0. The summed E-state index contributed by atoms with van der Waals surface area (Å²) in [6, 6.07) is 0. The SMILES string of the molecule is C[C@]1(CN)CCNC1. The van der Waals surface area contributed by atoms with Gasteiger partial charge in [-0.25, -0.2) is 0 Å². The van der Waals surface area contributed by atoms with E-state index in [1.54, 1.807) is 0 Å². The highest BCUT2D eigenvalue weighted by Gasteiger charge is 2.25. The zero-order valence-corrected chi connectivity index (χ0v) is 5.41. The number of hydrogen-bond donors (Lipinski definition) is 2. The van der Waals surface area contributed by atoms with Crippen molar-refractivity contribution in [3.63, 3.8) is 0 Å². The van der Waals surface area contributed by atoms with Gasteiger partial charge in [-0.1, -0.05) is 6.92 Å². The summed E-state index contributed by atoms with van der Waals surface area (Å²) in [5.74, 6) is 0. The van der Waals surface area contributed by atoms with Crippen molar-refractivity contribution in [2.75, 3.05) is 19.6 Å². The smallest absolute Gasteiger partial charge is 0.00177 e. The van der Waals surface area contributed by atoms with Crippen molar-refractivity contribution < 1.29 is 0 Å². The summed E-state index contributed by atoms with van der Waals surface area (Å²) < 4.78 is 0. The monoisotopic (exact) mass is 114 g/mol. The molecule has 1 rings (SSSR count). The van der Waals surface area contributed by atoms with Crippen molar-refractivity contribution >= 4 is 0 Å². The minimum atomic E-state index is 0.403. The van der Waals surface area contributed by atoms with Crippen molar-refractivity contribution in [3.8, 4) is 0 Å². The van der Waals surface area contributed by atoms with E-state index in [4.69, 9.17) is 5.73 Å². The van der Waals surface area contributed by atoms with Crippen LogP contribution in [0.15, 0.2) is 0 Å². The summed E-state index contributed by atoms with van der Waals surface area (Å²) in [7, 11) is 0. The lowest BCUT2D eigenvalue weighted by atomic mass is 9.90. The molecular weight excluding hydrogens is 100 g/mol. The third-order valence-corrected chi connectivity index (χ3v) is 1.95. The summed E-state index contributed by atoms with van der Waals surface area (Å²) in [6.07, 6.45) is 1.24. The van der Waals surface area contributed by atoms with Crippen LogP contribution >= 0.6 is 0 Å². The van der Waals surface area contributed by atoms with Crippen LogP contribution in [-0.2, 0) is 0 Å². The van der Waals surface area contributed by atoms with Gasteiger partial charge >= 0.3 is 0 Å². The van der Waals surface area contributed by atoms with Gasteiger partial charge in [0.25, 0.3) is 0 Å². The van der Waals surface area contributed by atoms with E-state index >= 15 is 0 Å². The van der Waals surface area contributed by atoms with E-state index in [1.165, 1.54) is 6.42 Å². The molecule has 0 aromatic heterocycles. The van der Waals surface area contributed by atoms with Gasteiger partial charge in [0, 0.05) is 6.54 Å². The van der Waals surface area contributed by atoms with E-state index in [0.717, 1.165) is 19.6 Å². The molecule has 0 aromatic rings. The van der Waals surface area contributed by atoms with E-state index in [2.05, 4.69) is 12.2 Å². The summed E-state index contributed by atoms with van der Waals surface area (Å²) in [5, 5.41) is 3.28. The van der Waals surface area contributed by atoms with Gasteiger partial charge in [-0.2, -0.15) is 0 Å². The van der Waals surface area contributed by atoms with Gasteiger partial charge in [0.2, 0.25) is 0 Å². The van der Waals surface area contributed by atoms with Crippen molar-refractivity contribution in [2.45, 2.75) is 13.3 Å². The molecule has 1 aliphatic heterocycles. The molecule has 0 amide bonds. The molecule has 0 unspecified atom stereocenters. The molecule has 3 N–H and O–H groups in total. The van der Waals surface area contributed by atoms with Gasteiger partial charge in [-0.15, -0.1) is 0 Å². The first-order valence-electron chi connectivity index (χ1n) is 3.18. The minimum absolute atomic E-state index is 0.403. The van der Waals surface area contributed by atoms with Crippen molar-refractivity contribution in [1.82, 2.24) is 5.32 Å². The van der Waals surface area contributed by atoms with Crippen molar-refractivity contribution in [2.24, 2.45) is 11.1 Å². The summed E-state index contributed by atoms with van der Waals surface area (Å²) in [4.78, 5) is 0. The highest BCUT2D eigenvalue weighted by Crippen LogP contribution is 2.21. The van der Waals surface area contributed by atoms with Gasteiger partial charge in [-0.3, -0.25) is 0 Å². The maximum atomic E-state index is 5.53. The maximum absolute atomic E-state index is 5.53. The standard InChI is InChI=1S/C6H14N2/c1-6(4-7)2-3-8-5-6/h8H,2-5,7H2,1H3/t6-/m1/s1. The first kappa shape index (κ1) is 6.05. The molecule has 1 fully saturated rings. The molecule has 48 valence electrons. The lowest BCUT2D eigenvalue weighted by Gasteiger charge is -2.18. The van der Waals surface area contributed by atoms with Crippen LogP contribution in [0.3, 0.4) is 0 Å². The summed E-state index contributed by atoms with van der Waals surface area (Å²) in [6.45, 7) is 5.30. The Hall–Kier alpha value is -0.0800. The molecule has 2 heteroatoms. The van der Waals surface area contributed by atoms with Crippen LogP contribution in [0.2, 0.25) is 0 Å². The molecule has 1 saturated heterocycles.